The Labute approximate surface area is 163 Å². The van der Waals surface area contributed by atoms with E-state index in [4.69, 9.17) is 10.00 Å². The zero-order valence-corrected chi connectivity index (χ0v) is 15.6. The molecule has 2 fully saturated rings. The van der Waals surface area contributed by atoms with Gasteiger partial charge < -0.3 is 9.64 Å². The molecule has 2 atom stereocenters. The van der Waals surface area contributed by atoms with Gasteiger partial charge in [0.1, 0.15) is 18.3 Å². The zero-order valence-electron chi connectivity index (χ0n) is 15.6. The lowest BCUT2D eigenvalue weighted by molar-refractivity contribution is -0.133. The van der Waals surface area contributed by atoms with E-state index in [0.717, 1.165) is 36.7 Å². The molecule has 2 aromatic rings. The molecule has 0 spiro atoms. The van der Waals surface area contributed by atoms with Gasteiger partial charge in [0, 0.05) is 31.1 Å². The number of pyridine rings is 1. The molecule has 28 heavy (non-hydrogen) atoms. The average Bonchev–Trinajstić information content (AvgIpc) is 3.11. The second kappa shape index (κ2) is 8.11. The topological polar surface area (TPSA) is 69.5 Å². The number of benzene rings is 1. The Kier molecular flexibility index (Phi) is 5.40. The summed E-state index contributed by atoms with van der Waals surface area (Å²) in [5, 5.41) is 11.2. The molecule has 1 aromatic heterocycles. The van der Waals surface area contributed by atoms with Crippen molar-refractivity contribution in [3.63, 3.8) is 0 Å². The van der Waals surface area contributed by atoms with Crippen molar-refractivity contribution in [2.45, 2.75) is 37.6 Å². The third-order valence-corrected chi connectivity index (χ3v) is 5.53. The number of fused-ring (bicyclic) bond motifs is 1. The fourth-order valence-corrected chi connectivity index (χ4v) is 3.99. The van der Waals surface area contributed by atoms with Gasteiger partial charge in [-0.15, -0.1) is 0 Å². The van der Waals surface area contributed by atoms with Gasteiger partial charge in [-0.25, -0.2) is 9.37 Å². The van der Waals surface area contributed by atoms with E-state index in [0.29, 0.717) is 5.88 Å². The van der Waals surface area contributed by atoms with Crippen LogP contribution in [-0.4, -0.2) is 65.2 Å². The van der Waals surface area contributed by atoms with Gasteiger partial charge in [-0.05, 0) is 30.4 Å². The number of ether oxygens (including phenoxy) is 1. The van der Waals surface area contributed by atoms with Crippen LogP contribution in [0.2, 0.25) is 0 Å². The molecule has 146 valence electrons. The molecule has 2 saturated heterocycles. The number of nitriles is 1. The zero-order chi connectivity index (χ0) is 19.5. The normalized spacial score (nSPS) is 23.6. The second-order valence-electron chi connectivity index (χ2n) is 7.45. The molecule has 0 saturated carbocycles. The number of halogens is 1. The lowest BCUT2D eigenvalue weighted by Gasteiger charge is -2.32. The van der Waals surface area contributed by atoms with Crippen molar-refractivity contribution >= 4 is 16.7 Å². The predicted octanol–water partition coefficient (Wildman–Crippen LogP) is 2.54. The molecule has 1 amide bonds. The summed E-state index contributed by atoms with van der Waals surface area (Å²) in [5.41, 5.74) is 0. The van der Waals surface area contributed by atoms with Gasteiger partial charge in [0.25, 0.3) is 0 Å². The third kappa shape index (κ3) is 3.92. The highest BCUT2D eigenvalue weighted by molar-refractivity contribution is 5.86. The van der Waals surface area contributed by atoms with Crippen LogP contribution in [0.4, 0.5) is 4.39 Å². The Morgan fingerprint density at radius 2 is 2.07 bits per heavy atom. The maximum atomic E-state index is 13.5. The predicted molar refractivity (Wildman–Crippen MR) is 102 cm³/mol. The van der Waals surface area contributed by atoms with Gasteiger partial charge in [-0.2, -0.15) is 5.26 Å². The van der Waals surface area contributed by atoms with Crippen LogP contribution in [0, 0.1) is 11.3 Å². The molecule has 3 heterocycles. The highest BCUT2D eigenvalue weighted by Crippen LogP contribution is 2.26. The van der Waals surface area contributed by atoms with Gasteiger partial charge >= 0.3 is 0 Å². The van der Waals surface area contributed by atoms with Crippen LogP contribution in [0.3, 0.4) is 0 Å². The number of carbonyl (C=O) groups excluding carboxylic acids is 1. The minimum Gasteiger partial charge on any atom is -0.474 e. The SMILES string of the molecule is N#C[C@@H]1C[C@H](F)CN1C(=O)CN1CCC(Oc2nccc3ccccc23)CC1. The van der Waals surface area contributed by atoms with Gasteiger partial charge in [-0.3, -0.25) is 9.69 Å². The fourth-order valence-electron chi connectivity index (χ4n) is 3.99. The van der Waals surface area contributed by atoms with Crippen molar-refractivity contribution in [3.05, 3.63) is 36.5 Å². The van der Waals surface area contributed by atoms with E-state index in [1.165, 1.54) is 4.90 Å². The van der Waals surface area contributed by atoms with Crippen molar-refractivity contribution in [2.24, 2.45) is 0 Å². The number of nitrogens with zero attached hydrogens (tertiary/aromatic N) is 4. The van der Waals surface area contributed by atoms with Crippen LogP contribution in [0.15, 0.2) is 36.5 Å². The van der Waals surface area contributed by atoms with Crippen molar-refractivity contribution < 1.29 is 13.9 Å². The average molecular weight is 382 g/mol. The first kappa shape index (κ1) is 18.6. The second-order valence-corrected chi connectivity index (χ2v) is 7.45. The lowest BCUT2D eigenvalue weighted by Crippen LogP contribution is -2.46. The summed E-state index contributed by atoms with van der Waals surface area (Å²) in [6.07, 6.45) is 2.43. The molecule has 0 bridgehead atoms. The first-order valence-electron chi connectivity index (χ1n) is 9.70. The highest BCUT2D eigenvalue weighted by atomic mass is 19.1. The molecule has 4 rings (SSSR count). The summed E-state index contributed by atoms with van der Waals surface area (Å²) in [7, 11) is 0. The van der Waals surface area contributed by atoms with E-state index in [-0.39, 0.29) is 31.5 Å². The van der Waals surface area contributed by atoms with Crippen LogP contribution >= 0.6 is 0 Å². The maximum Gasteiger partial charge on any atom is 0.237 e. The maximum absolute atomic E-state index is 13.5. The number of carbonyl (C=O) groups is 1. The molecular weight excluding hydrogens is 359 g/mol. The first-order chi connectivity index (χ1) is 13.6. The van der Waals surface area contributed by atoms with Crippen LogP contribution < -0.4 is 4.74 Å². The van der Waals surface area contributed by atoms with E-state index in [9.17, 15) is 9.18 Å². The van der Waals surface area contributed by atoms with Crippen molar-refractivity contribution in [3.8, 4) is 11.9 Å². The Morgan fingerprint density at radius 3 is 2.86 bits per heavy atom. The summed E-state index contributed by atoms with van der Waals surface area (Å²) in [4.78, 5) is 20.3. The monoisotopic (exact) mass is 382 g/mol. The van der Waals surface area contributed by atoms with Gasteiger partial charge in [-0.1, -0.05) is 18.2 Å². The van der Waals surface area contributed by atoms with Crippen molar-refractivity contribution in [1.29, 1.82) is 5.26 Å². The number of rotatable bonds is 4. The van der Waals surface area contributed by atoms with Crippen LogP contribution in [0.5, 0.6) is 5.88 Å². The standard InChI is InChI=1S/C21H23FN4O2/c22-16-11-17(12-23)26(13-16)20(27)14-25-9-6-18(7-10-25)28-21-19-4-2-1-3-15(19)5-8-24-21/h1-5,8,16-18H,6-7,9-11,13-14H2/t16-,17-/m0/s1. The molecule has 0 radical (unpaired) electrons. The molecule has 7 heteroatoms. The molecule has 0 unspecified atom stereocenters. The number of piperidine rings is 1. The number of aromatic nitrogens is 1. The Hall–Kier alpha value is -2.72. The Bertz CT molecular complexity index is 886. The van der Waals surface area contributed by atoms with E-state index in [1.807, 2.05) is 36.4 Å². The summed E-state index contributed by atoms with van der Waals surface area (Å²) in [6, 6.07) is 11.4. The van der Waals surface area contributed by atoms with Gasteiger partial charge in [0.2, 0.25) is 11.8 Å². The summed E-state index contributed by atoms with van der Waals surface area (Å²) >= 11 is 0. The van der Waals surface area contributed by atoms with Crippen molar-refractivity contribution in [1.82, 2.24) is 14.8 Å². The van der Waals surface area contributed by atoms with Crippen LogP contribution in [0.1, 0.15) is 19.3 Å². The number of amides is 1. The first-order valence-corrected chi connectivity index (χ1v) is 9.70. The molecule has 0 aliphatic carbocycles. The van der Waals surface area contributed by atoms with E-state index in [1.54, 1.807) is 6.20 Å². The number of alkyl halides is 1. The molecule has 2 aliphatic rings. The Morgan fingerprint density at radius 1 is 1.29 bits per heavy atom. The number of hydrogen-bond donors (Lipinski definition) is 0. The van der Waals surface area contributed by atoms with Crippen molar-refractivity contribution in [2.75, 3.05) is 26.2 Å². The molecular formula is C21H23FN4O2. The quantitative estimate of drug-likeness (QED) is 0.813. The largest absolute Gasteiger partial charge is 0.474 e. The Balaban J connectivity index is 1.31. The van der Waals surface area contributed by atoms with Crippen LogP contribution in [-0.2, 0) is 4.79 Å². The molecule has 2 aliphatic heterocycles. The molecule has 6 nitrogen and oxygen atoms in total. The highest BCUT2D eigenvalue weighted by Gasteiger charge is 2.36. The van der Waals surface area contributed by atoms with E-state index >= 15 is 0 Å². The smallest absolute Gasteiger partial charge is 0.237 e. The van der Waals surface area contributed by atoms with Gasteiger partial charge in [0.15, 0.2) is 0 Å². The summed E-state index contributed by atoms with van der Waals surface area (Å²) < 4.78 is 19.7. The number of hydrogen-bond acceptors (Lipinski definition) is 5. The fraction of sp³-hybridized carbons (Fsp3) is 0.476. The lowest BCUT2D eigenvalue weighted by atomic mass is 10.1. The summed E-state index contributed by atoms with van der Waals surface area (Å²) in [5.74, 6) is 0.484. The molecule has 0 N–H and O–H groups in total. The summed E-state index contributed by atoms with van der Waals surface area (Å²) in [6.45, 7) is 1.71. The van der Waals surface area contributed by atoms with E-state index in [2.05, 4.69) is 9.88 Å². The van der Waals surface area contributed by atoms with Gasteiger partial charge in [0.05, 0.1) is 19.2 Å². The molecule has 1 aromatic carbocycles. The third-order valence-electron chi connectivity index (χ3n) is 5.53. The minimum absolute atomic E-state index is 0.0311. The minimum atomic E-state index is -1.10. The van der Waals surface area contributed by atoms with E-state index < -0.39 is 12.2 Å². The number of likely N-dealkylation sites (tertiary alicyclic amines) is 2. The van der Waals surface area contributed by atoms with Crippen LogP contribution in [0.25, 0.3) is 10.8 Å².